The van der Waals surface area contributed by atoms with E-state index in [1.54, 1.807) is 25.1 Å². The first kappa shape index (κ1) is 14.8. The third-order valence-electron chi connectivity index (χ3n) is 2.74. The van der Waals surface area contributed by atoms with Crippen molar-refractivity contribution in [2.45, 2.75) is 12.8 Å². The van der Waals surface area contributed by atoms with Crippen LogP contribution in [0.2, 0.25) is 0 Å². The van der Waals surface area contributed by atoms with Crippen molar-refractivity contribution >= 4 is 33.2 Å². The van der Waals surface area contributed by atoms with Crippen LogP contribution in [0, 0.1) is 17.0 Å². The zero-order valence-electron chi connectivity index (χ0n) is 10.6. The quantitative estimate of drug-likeness (QED) is 0.430. The van der Waals surface area contributed by atoms with Crippen molar-refractivity contribution in [3.8, 4) is 11.5 Å². The number of nitro groups is 1. The molecule has 0 amide bonds. The predicted octanol–water partition coefficient (Wildman–Crippen LogP) is 5.20. The van der Waals surface area contributed by atoms with Crippen LogP contribution in [-0.2, 0) is 5.88 Å². The number of rotatable bonds is 4. The summed E-state index contributed by atoms with van der Waals surface area (Å²) in [5.74, 6) is 1.61. The van der Waals surface area contributed by atoms with Crippen molar-refractivity contribution in [2.75, 3.05) is 0 Å². The SMILES string of the molecule is Cc1cc(Oc2ccc(CCl)cc2Br)ccc1[N+](=O)[O-]. The second-order valence-electron chi connectivity index (χ2n) is 4.21. The molecule has 0 atom stereocenters. The van der Waals surface area contributed by atoms with E-state index in [9.17, 15) is 10.1 Å². The maximum atomic E-state index is 10.8. The van der Waals surface area contributed by atoms with Crippen molar-refractivity contribution in [3.05, 3.63) is 62.1 Å². The van der Waals surface area contributed by atoms with E-state index in [-0.39, 0.29) is 5.69 Å². The molecule has 4 nitrogen and oxygen atoms in total. The van der Waals surface area contributed by atoms with E-state index in [0.29, 0.717) is 22.9 Å². The number of ether oxygens (including phenoxy) is 1. The molecule has 0 N–H and O–H groups in total. The normalized spacial score (nSPS) is 10.3. The molecule has 0 heterocycles. The van der Waals surface area contributed by atoms with Gasteiger partial charge in [0.15, 0.2) is 0 Å². The van der Waals surface area contributed by atoms with Gasteiger partial charge < -0.3 is 4.74 Å². The van der Waals surface area contributed by atoms with Crippen LogP contribution in [0.3, 0.4) is 0 Å². The smallest absolute Gasteiger partial charge is 0.272 e. The Morgan fingerprint density at radius 3 is 2.60 bits per heavy atom. The Labute approximate surface area is 129 Å². The van der Waals surface area contributed by atoms with Crippen LogP contribution in [0.15, 0.2) is 40.9 Å². The molecule has 0 saturated carbocycles. The van der Waals surface area contributed by atoms with E-state index in [0.717, 1.165) is 10.0 Å². The van der Waals surface area contributed by atoms with Gasteiger partial charge in [0.2, 0.25) is 0 Å². The first-order valence-electron chi connectivity index (χ1n) is 5.78. The Balaban J connectivity index is 2.26. The van der Waals surface area contributed by atoms with Gasteiger partial charge in [0.05, 0.1) is 9.40 Å². The monoisotopic (exact) mass is 355 g/mol. The standard InChI is InChI=1S/C14H11BrClNO3/c1-9-6-11(3-4-13(9)17(18)19)20-14-5-2-10(8-16)7-12(14)15/h2-7H,8H2,1H3. The van der Waals surface area contributed by atoms with Gasteiger partial charge in [-0.25, -0.2) is 0 Å². The van der Waals surface area contributed by atoms with Gasteiger partial charge in [0.25, 0.3) is 5.69 Å². The third-order valence-corrected chi connectivity index (χ3v) is 3.67. The van der Waals surface area contributed by atoms with Crippen molar-refractivity contribution in [2.24, 2.45) is 0 Å². The zero-order chi connectivity index (χ0) is 14.7. The second-order valence-corrected chi connectivity index (χ2v) is 5.33. The van der Waals surface area contributed by atoms with Crippen molar-refractivity contribution in [1.82, 2.24) is 0 Å². The summed E-state index contributed by atoms with van der Waals surface area (Å²) in [7, 11) is 0. The fourth-order valence-electron chi connectivity index (χ4n) is 1.73. The summed E-state index contributed by atoms with van der Waals surface area (Å²) in [4.78, 5) is 10.3. The van der Waals surface area contributed by atoms with Gasteiger partial charge in [-0.3, -0.25) is 10.1 Å². The lowest BCUT2D eigenvalue weighted by atomic mass is 10.2. The molecule has 0 spiro atoms. The van der Waals surface area contributed by atoms with Crippen LogP contribution >= 0.6 is 27.5 Å². The van der Waals surface area contributed by atoms with Gasteiger partial charge in [-0.15, -0.1) is 11.6 Å². The largest absolute Gasteiger partial charge is 0.456 e. The highest BCUT2D eigenvalue weighted by atomic mass is 79.9. The molecule has 0 aromatic heterocycles. The minimum atomic E-state index is -0.412. The second kappa shape index (κ2) is 6.24. The Morgan fingerprint density at radius 1 is 1.30 bits per heavy atom. The first-order valence-corrected chi connectivity index (χ1v) is 7.11. The summed E-state index contributed by atoms with van der Waals surface area (Å²) >= 11 is 9.16. The molecule has 0 saturated heterocycles. The van der Waals surface area contributed by atoms with Gasteiger partial charge in [0, 0.05) is 17.5 Å². The molecule has 0 radical (unpaired) electrons. The van der Waals surface area contributed by atoms with Crippen molar-refractivity contribution in [1.29, 1.82) is 0 Å². The topological polar surface area (TPSA) is 52.4 Å². The molecule has 0 aliphatic rings. The summed E-state index contributed by atoms with van der Waals surface area (Å²) < 4.78 is 6.50. The maximum absolute atomic E-state index is 10.8. The first-order chi connectivity index (χ1) is 9.51. The van der Waals surface area contributed by atoms with Gasteiger partial charge >= 0.3 is 0 Å². The van der Waals surface area contributed by atoms with Gasteiger partial charge in [0.1, 0.15) is 11.5 Å². The van der Waals surface area contributed by atoms with Crippen LogP contribution in [-0.4, -0.2) is 4.92 Å². The molecule has 2 aromatic rings. The molecule has 0 unspecified atom stereocenters. The molecule has 104 valence electrons. The predicted molar refractivity (Wildman–Crippen MR) is 81.6 cm³/mol. The van der Waals surface area contributed by atoms with Crippen LogP contribution in [0.1, 0.15) is 11.1 Å². The number of hydrogen-bond acceptors (Lipinski definition) is 3. The van der Waals surface area contributed by atoms with E-state index >= 15 is 0 Å². The Morgan fingerprint density at radius 2 is 2.05 bits per heavy atom. The number of aryl methyl sites for hydroxylation is 1. The van der Waals surface area contributed by atoms with Crippen molar-refractivity contribution < 1.29 is 9.66 Å². The van der Waals surface area contributed by atoms with E-state index in [1.165, 1.54) is 6.07 Å². The lowest BCUT2D eigenvalue weighted by molar-refractivity contribution is -0.385. The molecule has 6 heteroatoms. The molecule has 0 fully saturated rings. The lowest BCUT2D eigenvalue weighted by Gasteiger charge is -2.09. The van der Waals surface area contributed by atoms with E-state index in [4.69, 9.17) is 16.3 Å². The molecule has 0 bridgehead atoms. The Hall–Kier alpha value is -1.59. The van der Waals surface area contributed by atoms with Crippen LogP contribution in [0.4, 0.5) is 5.69 Å². The molecule has 2 rings (SSSR count). The average Bonchev–Trinajstić information content (AvgIpc) is 2.40. The number of alkyl halides is 1. The van der Waals surface area contributed by atoms with Gasteiger partial charge in [-0.05, 0) is 52.7 Å². The lowest BCUT2D eigenvalue weighted by Crippen LogP contribution is -1.93. The molecular formula is C14H11BrClNO3. The number of halogens is 2. The highest BCUT2D eigenvalue weighted by molar-refractivity contribution is 9.10. The maximum Gasteiger partial charge on any atom is 0.272 e. The van der Waals surface area contributed by atoms with Crippen LogP contribution in [0.5, 0.6) is 11.5 Å². The Kier molecular flexibility index (Phi) is 4.62. The average molecular weight is 357 g/mol. The van der Waals surface area contributed by atoms with Gasteiger partial charge in [-0.2, -0.15) is 0 Å². The summed E-state index contributed by atoms with van der Waals surface area (Å²) in [5.41, 5.74) is 1.61. The molecule has 20 heavy (non-hydrogen) atoms. The summed E-state index contributed by atoms with van der Waals surface area (Å²) in [5, 5.41) is 10.8. The third kappa shape index (κ3) is 3.29. The molecule has 0 aliphatic carbocycles. The molecule has 2 aromatic carbocycles. The highest BCUT2D eigenvalue weighted by Gasteiger charge is 2.11. The summed E-state index contributed by atoms with van der Waals surface area (Å²) in [6, 6.07) is 10.2. The summed E-state index contributed by atoms with van der Waals surface area (Å²) in [6.45, 7) is 1.68. The summed E-state index contributed by atoms with van der Waals surface area (Å²) in [6.07, 6.45) is 0. The van der Waals surface area contributed by atoms with E-state index in [2.05, 4.69) is 15.9 Å². The number of nitrogens with zero attached hydrogens (tertiary/aromatic N) is 1. The van der Waals surface area contributed by atoms with E-state index < -0.39 is 4.92 Å². The minimum absolute atomic E-state index is 0.0777. The van der Waals surface area contributed by atoms with E-state index in [1.807, 2.05) is 12.1 Å². The van der Waals surface area contributed by atoms with Gasteiger partial charge in [-0.1, -0.05) is 6.07 Å². The molecular weight excluding hydrogens is 346 g/mol. The van der Waals surface area contributed by atoms with Crippen LogP contribution < -0.4 is 4.74 Å². The fourth-order valence-corrected chi connectivity index (χ4v) is 2.41. The van der Waals surface area contributed by atoms with Crippen LogP contribution in [0.25, 0.3) is 0 Å². The fraction of sp³-hybridized carbons (Fsp3) is 0.143. The molecule has 0 aliphatic heterocycles. The number of nitro benzene ring substituents is 1. The number of benzene rings is 2. The highest BCUT2D eigenvalue weighted by Crippen LogP contribution is 2.32. The van der Waals surface area contributed by atoms with Crippen molar-refractivity contribution in [3.63, 3.8) is 0 Å². The number of hydrogen-bond donors (Lipinski definition) is 0. The Bertz CT molecular complexity index is 661. The minimum Gasteiger partial charge on any atom is -0.456 e. The zero-order valence-corrected chi connectivity index (χ0v) is 12.9.